The minimum atomic E-state index is -0.557. The van der Waals surface area contributed by atoms with E-state index in [1.165, 1.54) is 7.11 Å². The number of carbonyl (C=O) groups excluding carboxylic acids is 2. The predicted molar refractivity (Wildman–Crippen MR) is 83.9 cm³/mol. The number of hydrogen-bond acceptors (Lipinski definition) is 4. The molecule has 0 spiro atoms. The lowest BCUT2D eigenvalue weighted by molar-refractivity contribution is -0.143. The molecule has 1 aliphatic heterocycles. The smallest absolute Gasteiger partial charge is 0.325 e. The number of halogens is 2. The van der Waals surface area contributed by atoms with Crippen molar-refractivity contribution in [1.82, 2.24) is 10.2 Å². The van der Waals surface area contributed by atoms with Crippen molar-refractivity contribution >= 4 is 58.5 Å². The van der Waals surface area contributed by atoms with Gasteiger partial charge in [0.2, 0.25) is 0 Å². The van der Waals surface area contributed by atoms with E-state index in [1.807, 2.05) is 0 Å². The van der Waals surface area contributed by atoms with Gasteiger partial charge >= 0.3 is 5.97 Å². The Balaban J connectivity index is 2.25. The number of hydrogen-bond donors (Lipinski definition) is 1. The molecule has 1 fully saturated rings. The number of thiocarbonyl (C=S) groups is 1. The fraction of sp³-hybridized carbons (Fsp3) is 0.154. The lowest BCUT2D eigenvalue weighted by Gasteiger charge is -2.11. The summed E-state index contributed by atoms with van der Waals surface area (Å²) in [7, 11) is 1.24. The van der Waals surface area contributed by atoms with Gasteiger partial charge in [-0.15, -0.1) is 0 Å². The molecule has 1 aromatic carbocycles. The molecule has 1 amide bonds. The van der Waals surface area contributed by atoms with Crippen molar-refractivity contribution in [3.05, 3.63) is 39.5 Å². The van der Waals surface area contributed by atoms with Crippen LogP contribution in [0.2, 0.25) is 10.0 Å². The van der Waals surface area contributed by atoms with Crippen LogP contribution in [0.25, 0.3) is 6.08 Å². The zero-order valence-corrected chi connectivity index (χ0v) is 13.2. The number of ether oxygens (including phenoxy) is 1. The standard InChI is InChI=1S/C13H10Cl2N2O3S/c1-20-11(18)6-17-12(19)10(16-13(17)21)4-7-2-3-8(14)5-9(7)15/h2-5H,6H2,1H3,(H,16,21)/b10-4-. The number of nitrogens with zero attached hydrogens (tertiary/aromatic N) is 1. The number of esters is 1. The van der Waals surface area contributed by atoms with Gasteiger partial charge in [-0.2, -0.15) is 0 Å². The Labute approximate surface area is 136 Å². The first kappa shape index (κ1) is 15.8. The Morgan fingerprint density at radius 3 is 2.81 bits per heavy atom. The van der Waals surface area contributed by atoms with Crippen molar-refractivity contribution in [3.63, 3.8) is 0 Å². The molecule has 0 saturated carbocycles. The highest BCUT2D eigenvalue weighted by atomic mass is 35.5. The number of nitrogens with one attached hydrogen (secondary N) is 1. The second kappa shape index (κ2) is 6.43. The molecular formula is C13H10Cl2N2O3S. The van der Waals surface area contributed by atoms with Gasteiger partial charge in [-0.25, -0.2) is 0 Å². The molecule has 1 N–H and O–H groups in total. The second-order valence-electron chi connectivity index (χ2n) is 4.12. The first-order chi connectivity index (χ1) is 9.92. The number of methoxy groups -OCH3 is 1. The molecule has 21 heavy (non-hydrogen) atoms. The molecule has 0 unspecified atom stereocenters. The Bertz CT molecular complexity index is 661. The minimum absolute atomic E-state index is 0.140. The normalized spacial score (nSPS) is 16.3. The summed E-state index contributed by atoms with van der Waals surface area (Å²) in [6, 6.07) is 4.90. The summed E-state index contributed by atoms with van der Waals surface area (Å²) in [6.45, 7) is -0.243. The second-order valence-corrected chi connectivity index (χ2v) is 5.35. The van der Waals surface area contributed by atoms with Crippen LogP contribution in [0.15, 0.2) is 23.9 Å². The molecule has 1 aromatic rings. The maximum atomic E-state index is 12.2. The van der Waals surface area contributed by atoms with Crippen LogP contribution in [0.5, 0.6) is 0 Å². The Morgan fingerprint density at radius 2 is 2.19 bits per heavy atom. The molecule has 0 radical (unpaired) electrons. The molecule has 0 aromatic heterocycles. The van der Waals surface area contributed by atoms with Gasteiger partial charge < -0.3 is 10.1 Å². The van der Waals surface area contributed by atoms with Gasteiger partial charge in [0, 0.05) is 10.0 Å². The van der Waals surface area contributed by atoms with Gasteiger partial charge in [0.15, 0.2) is 5.11 Å². The van der Waals surface area contributed by atoms with E-state index >= 15 is 0 Å². The van der Waals surface area contributed by atoms with Crippen LogP contribution in [-0.4, -0.2) is 35.5 Å². The topological polar surface area (TPSA) is 58.6 Å². The van der Waals surface area contributed by atoms with E-state index in [9.17, 15) is 9.59 Å². The highest BCUT2D eigenvalue weighted by Gasteiger charge is 2.32. The van der Waals surface area contributed by atoms with Crippen molar-refractivity contribution in [2.75, 3.05) is 13.7 Å². The molecule has 8 heteroatoms. The number of carbonyl (C=O) groups is 2. The van der Waals surface area contributed by atoms with Gasteiger partial charge in [0.05, 0.1) is 7.11 Å². The van der Waals surface area contributed by atoms with E-state index in [0.717, 1.165) is 4.90 Å². The maximum Gasteiger partial charge on any atom is 0.325 e. The highest BCUT2D eigenvalue weighted by Crippen LogP contribution is 2.24. The summed E-state index contributed by atoms with van der Waals surface area (Å²) in [5, 5.41) is 3.78. The van der Waals surface area contributed by atoms with Crippen molar-refractivity contribution in [3.8, 4) is 0 Å². The van der Waals surface area contributed by atoms with Crippen LogP contribution in [0.1, 0.15) is 5.56 Å². The third kappa shape index (κ3) is 3.53. The van der Waals surface area contributed by atoms with Crippen LogP contribution in [0.4, 0.5) is 0 Å². The Morgan fingerprint density at radius 1 is 1.48 bits per heavy atom. The van der Waals surface area contributed by atoms with Gasteiger partial charge in [0.1, 0.15) is 12.2 Å². The summed E-state index contributed by atoms with van der Waals surface area (Å²) < 4.78 is 4.52. The zero-order valence-electron chi connectivity index (χ0n) is 10.9. The van der Waals surface area contributed by atoms with Gasteiger partial charge in [-0.05, 0) is 36.0 Å². The predicted octanol–water partition coefficient (Wildman–Crippen LogP) is 2.22. The number of amides is 1. The van der Waals surface area contributed by atoms with Crippen LogP contribution in [0.3, 0.4) is 0 Å². The van der Waals surface area contributed by atoms with Crippen LogP contribution in [0, 0.1) is 0 Å². The highest BCUT2D eigenvalue weighted by molar-refractivity contribution is 7.80. The first-order valence-electron chi connectivity index (χ1n) is 5.79. The van der Waals surface area contributed by atoms with Crippen molar-refractivity contribution < 1.29 is 14.3 Å². The van der Waals surface area contributed by atoms with Crippen LogP contribution in [-0.2, 0) is 14.3 Å². The zero-order chi connectivity index (χ0) is 15.6. The molecule has 0 aliphatic carbocycles. The van der Waals surface area contributed by atoms with E-state index in [-0.39, 0.29) is 17.4 Å². The third-order valence-electron chi connectivity index (χ3n) is 2.74. The van der Waals surface area contributed by atoms with Crippen LogP contribution >= 0.6 is 35.4 Å². The molecule has 2 rings (SSSR count). The quantitative estimate of drug-likeness (QED) is 0.517. The maximum absolute atomic E-state index is 12.2. The average molecular weight is 345 g/mol. The van der Waals surface area contributed by atoms with E-state index in [0.29, 0.717) is 15.6 Å². The van der Waals surface area contributed by atoms with Gasteiger partial charge in [0.25, 0.3) is 5.91 Å². The summed E-state index contributed by atoms with van der Waals surface area (Å²) in [6.07, 6.45) is 1.55. The Hall–Kier alpha value is -1.63. The Kier molecular flexibility index (Phi) is 4.82. The van der Waals surface area contributed by atoms with E-state index in [2.05, 4.69) is 10.1 Å². The molecular weight excluding hydrogens is 335 g/mol. The minimum Gasteiger partial charge on any atom is -0.468 e. The monoisotopic (exact) mass is 344 g/mol. The van der Waals surface area contributed by atoms with E-state index < -0.39 is 11.9 Å². The molecule has 1 saturated heterocycles. The first-order valence-corrected chi connectivity index (χ1v) is 6.95. The number of benzene rings is 1. The SMILES string of the molecule is COC(=O)CN1C(=O)/C(=C/c2ccc(Cl)cc2Cl)NC1=S. The summed E-state index contributed by atoms with van der Waals surface area (Å²) in [4.78, 5) is 24.6. The number of rotatable bonds is 3. The van der Waals surface area contributed by atoms with Crippen molar-refractivity contribution in [2.45, 2.75) is 0 Å². The summed E-state index contributed by atoms with van der Waals surface area (Å²) in [5.41, 5.74) is 0.841. The molecule has 0 bridgehead atoms. The fourth-order valence-corrected chi connectivity index (χ4v) is 2.40. The lowest BCUT2D eigenvalue weighted by atomic mass is 10.2. The van der Waals surface area contributed by atoms with Gasteiger partial charge in [-0.1, -0.05) is 29.3 Å². The molecule has 1 aliphatic rings. The largest absolute Gasteiger partial charge is 0.468 e. The fourth-order valence-electron chi connectivity index (χ4n) is 1.68. The molecule has 1 heterocycles. The molecule has 5 nitrogen and oxygen atoms in total. The summed E-state index contributed by atoms with van der Waals surface area (Å²) >= 11 is 16.9. The van der Waals surface area contributed by atoms with Gasteiger partial charge in [-0.3, -0.25) is 14.5 Å². The van der Waals surface area contributed by atoms with Crippen molar-refractivity contribution in [2.24, 2.45) is 0 Å². The summed E-state index contributed by atoms with van der Waals surface area (Å²) in [5.74, 6) is -0.977. The van der Waals surface area contributed by atoms with Crippen molar-refractivity contribution in [1.29, 1.82) is 0 Å². The van der Waals surface area contributed by atoms with E-state index in [1.54, 1.807) is 24.3 Å². The van der Waals surface area contributed by atoms with Crippen LogP contribution < -0.4 is 5.32 Å². The third-order valence-corrected chi connectivity index (χ3v) is 3.62. The molecule has 0 atom stereocenters. The average Bonchev–Trinajstić information content (AvgIpc) is 2.69. The lowest BCUT2D eigenvalue weighted by Crippen LogP contribution is -2.35. The van der Waals surface area contributed by atoms with E-state index in [4.69, 9.17) is 35.4 Å². The molecule has 110 valence electrons.